The maximum Gasteiger partial charge on any atom is 0.416 e. The van der Waals surface area contributed by atoms with Gasteiger partial charge < -0.3 is 15.3 Å². The lowest BCUT2D eigenvalue weighted by Gasteiger charge is -2.45. The van der Waals surface area contributed by atoms with Crippen LogP contribution in [0.5, 0.6) is 0 Å². The fourth-order valence-corrected chi connectivity index (χ4v) is 5.42. The Bertz CT molecular complexity index is 1080. The molecule has 2 aliphatic heterocycles. The van der Waals surface area contributed by atoms with Gasteiger partial charge in [0, 0.05) is 25.3 Å². The van der Waals surface area contributed by atoms with Crippen LogP contribution in [0.15, 0.2) is 60.7 Å². The van der Waals surface area contributed by atoms with Crippen LogP contribution in [-0.2, 0) is 23.0 Å². The molecule has 1 aliphatic carbocycles. The number of fused-ring (bicyclic) bond motifs is 1. The van der Waals surface area contributed by atoms with E-state index < -0.39 is 22.9 Å². The summed E-state index contributed by atoms with van der Waals surface area (Å²) in [5, 5.41) is 14.4. The number of allylic oxidation sites excluding steroid dienone is 1. The number of benzene rings is 2. The van der Waals surface area contributed by atoms with Gasteiger partial charge in [0.2, 0.25) is 5.91 Å². The van der Waals surface area contributed by atoms with Crippen molar-refractivity contribution < 1.29 is 23.1 Å². The van der Waals surface area contributed by atoms with Crippen LogP contribution in [0.2, 0.25) is 0 Å². The summed E-state index contributed by atoms with van der Waals surface area (Å²) < 4.78 is 39.4. The number of likely N-dealkylation sites (tertiary alicyclic amines) is 1. The Morgan fingerprint density at radius 1 is 1.06 bits per heavy atom. The molecule has 0 aromatic heterocycles. The zero-order valence-electron chi connectivity index (χ0n) is 18.1. The highest BCUT2D eigenvalue weighted by Gasteiger charge is 2.51. The lowest BCUT2D eigenvalue weighted by atomic mass is 9.81. The van der Waals surface area contributed by atoms with E-state index in [1.165, 1.54) is 6.07 Å². The summed E-state index contributed by atoms with van der Waals surface area (Å²) in [6.07, 6.45) is 0.570. The standard InChI is InChI=1S/C25H26F3N3O2/c26-25(27,28)19-8-9-21-18(15-19)5-4-10-24(21,33)16-30-13-11-23(12-14-30)22(32)29-17-31(23)20-6-2-1-3-7-20/h1-4,6-10,15,33H,5,11-14,16-17H2,(H,29,32). The van der Waals surface area contributed by atoms with Crippen molar-refractivity contribution in [2.24, 2.45) is 0 Å². The van der Waals surface area contributed by atoms with E-state index in [1.54, 1.807) is 12.2 Å². The van der Waals surface area contributed by atoms with Crippen LogP contribution in [0.3, 0.4) is 0 Å². The van der Waals surface area contributed by atoms with E-state index >= 15 is 0 Å². The summed E-state index contributed by atoms with van der Waals surface area (Å²) in [6, 6.07) is 13.4. The molecule has 2 aromatic rings. The smallest absolute Gasteiger partial charge is 0.380 e. The largest absolute Gasteiger partial charge is 0.416 e. The number of alkyl halides is 3. The second kappa shape index (κ2) is 7.88. The van der Waals surface area contributed by atoms with Crippen LogP contribution in [0.4, 0.5) is 18.9 Å². The third kappa shape index (κ3) is 3.81. The van der Waals surface area contributed by atoms with Crippen molar-refractivity contribution in [3.05, 3.63) is 77.4 Å². The molecular formula is C25H26F3N3O2. The van der Waals surface area contributed by atoms with Crippen LogP contribution in [0, 0.1) is 0 Å². The lowest BCUT2D eigenvalue weighted by molar-refractivity contribution is -0.137. The third-order valence-electron chi connectivity index (χ3n) is 7.18. The van der Waals surface area contributed by atoms with E-state index in [-0.39, 0.29) is 12.5 Å². The maximum absolute atomic E-state index is 13.1. The average molecular weight is 457 g/mol. The van der Waals surface area contributed by atoms with Gasteiger partial charge in [-0.15, -0.1) is 0 Å². The highest BCUT2D eigenvalue weighted by Crippen LogP contribution is 2.39. The quantitative estimate of drug-likeness (QED) is 0.694. The van der Waals surface area contributed by atoms with Gasteiger partial charge in [0.15, 0.2) is 0 Å². The van der Waals surface area contributed by atoms with Crippen molar-refractivity contribution in [1.29, 1.82) is 0 Å². The number of nitrogens with one attached hydrogen (secondary N) is 1. The molecule has 5 nitrogen and oxygen atoms in total. The Morgan fingerprint density at radius 3 is 2.48 bits per heavy atom. The van der Waals surface area contributed by atoms with Gasteiger partial charge >= 0.3 is 6.18 Å². The van der Waals surface area contributed by atoms with E-state index in [4.69, 9.17) is 0 Å². The Hall–Kier alpha value is -2.84. The molecule has 33 heavy (non-hydrogen) atoms. The van der Waals surface area contributed by atoms with Crippen LogP contribution in [-0.4, -0.2) is 47.8 Å². The monoisotopic (exact) mass is 457 g/mol. The van der Waals surface area contributed by atoms with Gasteiger partial charge in [-0.1, -0.05) is 36.4 Å². The van der Waals surface area contributed by atoms with Crippen molar-refractivity contribution in [2.45, 2.75) is 36.6 Å². The van der Waals surface area contributed by atoms with Crippen molar-refractivity contribution in [3.8, 4) is 0 Å². The number of para-hydroxylation sites is 1. The van der Waals surface area contributed by atoms with Gasteiger partial charge in [-0.25, -0.2) is 0 Å². The summed E-state index contributed by atoms with van der Waals surface area (Å²) in [5.41, 5.74) is -0.682. The number of hydrogen-bond donors (Lipinski definition) is 2. The van der Waals surface area contributed by atoms with E-state index in [0.29, 0.717) is 50.1 Å². The number of aliphatic hydroxyl groups is 1. The van der Waals surface area contributed by atoms with Crippen LogP contribution in [0.1, 0.15) is 29.5 Å². The Kier molecular flexibility index (Phi) is 5.25. The summed E-state index contributed by atoms with van der Waals surface area (Å²) in [6.45, 7) is 1.93. The number of amides is 1. The van der Waals surface area contributed by atoms with E-state index in [2.05, 4.69) is 15.1 Å². The summed E-state index contributed by atoms with van der Waals surface area (Å²) in [7, 11) is 0. The zero-order valence-corrected chi connectivity index (χ0v) is 18.1. The molecule has 5 rings (SSSR count). The van der Waals surface area contributed by atoms with Gasteiger partial charge in [0.05, 0.1) is 12.2 Å². The number of halogens is 3. The molecular weight excluding hydrogens is 431 g/mol. The van der Waals surface area contributed by atoms with Crippen molar-refractivity contribution >= 4 is 11.6 Å². The van der Waals surface area contributed by atoms with E-state index in [9.17, 15) is 23.1 Å². The molecule has 0 saturated carbocycles. The molecule has 0 bridgehead atoms. The molecule has 1 amide bonds. The SMILES string of the molecule is O=C1NCN(c2ccccc2)C12CCN(CC1(O)C=CCc3cc(C(F)(F)F)ccc31)CC2. The molecule has 2 fully saturated rings. The van der Waals surface area contributed by atoms with Crippen molar-refractivity contribution in [3.63, 3.8) is 0 Å². The predicted octanol–water partition coefficient (Wildman–Crippen LogP) is 3.43. The van der Waals surface area contributed by atoms with Crippen molar-refractivity contribution in [1.82, 2.24) is 10.2 Å². The average Bonchev–Trinajstić information content (AvgIpc) is 3.11. The lowest BCUT2D eigenvalue weighted by Crippen LogP contribution is -2.57. The molecule has 2 N–H and O–H groups in total. The second-order valence-corrected chi connectivity index (χ2v) is 9.14. The predicted molar refractivity (Wildman–Crippen MR) is 119 cm³/mol. The minimum absolute atomic E-state index is 0.0207. The molecule has 0 radical (unpaired) electrons. The highest BCUT2D eigenvalue weighted by atomic mass is 19.4. The number of carbonyl (C=O) groups is 1. The summed E-state index contributed by atoms with van der Waals surface area (Å²) >= 11 is 0. The Balaban J connectivity index is 1.33. The second-order valence-electron chi connectivity index (χ2n) is 9.14. The first-order chi connectivity index (χ1) is 15.7. The summed E-state index contributed by atoms with van der Waals surface area (Å²) in [4.78, 5) is 17.1. The normalized spacial score (nSPS) is 24.7. The minimum atomic E-state index is -4.41. The molecule has 8 heteroatoms. The number of carbonyl (C=O) groups excluding carboxylic acids is 1. The third-order valence-corrected chi connectivity index (χ3v) is 7.18. The first-order valence-electron chi connectivity index (χ1n) is 11.2. The molecule has 2 aromatic carbocycles. The number of β-amino-alcohol motifs (C(OH)–C–C–N with tert-alkyl or cyclic N) is 1. The first kappa shape index (κ1) is 22.0. The highest BCUT2D eigenvalue weighted by molar-refractivity contribution is 5.93. The number of rotatable bonds is 3. The van der Waals surface area contributed by atoms with Gasteiger partial charge in [-0.2, -0.15) is 13.2 Å². The molecule has 2 saturated heterocycles. The van der Waals surface area contributed by atoms with Gasteiger partial charge in [0.1, 0.15) is 11.1 Å². The number of nitrogens with zero attached hydrogens (tertiary/aromatic N) is 2. The molecule has 2 heterocycles. The Labute approximate surface area is 190 Å². The number of anilines is 1. The molecule has 3 aliphatic rings. The molecule has 174 valence electrons. The zero-order chi connectivity index (χ0) is 23.3. The minimum Gasteiger partial charge on any atom is -0.380 e. The fourth-order valence-electron chi connectivity index (χ4n) is 5.42. The molecule has 1 spiro atoms. The Morgan fingerprint density at radius 2 is 1.79 bits per heavy atom. The number of hydrogen-bond acceptors (Lipinski definition) is 4. The van der Waals surface area contributed by atoms with Gasteiger partial charge in [0.25, 0.3) is 0 Å². The molecule has 1 unspecified atom stereocenters. The van der Waals surface area contributed by atoms with Gasteiger partial charge in [-0.05, 0) is 54.7 Å². The van der Waals surface area contributed by atoms with E-state index in [1.807, 2.05) is 30.3 Å². The van der Waals surface area contributed by atoms with Crippen LogP contribution < -0.4 is 10.2 Å². The van der Waals surface area contributed by atoms with Crippen molar-refractivity contribution in [2.75, 3.05) is 31.2 Å². The fraction of sp³-hybridized carbons (Fsp3) is 0.400. The van der Waals surface area contributed by atoms with Gasteiger partial charge in [-0.3, -0.25) is 9.69 Å². The molecule has 1 atom stereocenters. The first-order valence-corrected chi connectivity index (χ1v) is 11.2. The van der Waals surface area contributed by atoms with Crippen LogP contribution in [0.25, 0.3) is 0 Å². The van der Waals surface area contributed by atoms with E-state index in [0.717, 1.165) is 17.8 Å². The number of piperidine rings is 1. The maximum atomic E-state index is 13.1. The topological polar surface area (TPSA) is 55.8 Å². The summed E-state index contributed by atoms with van der Waals surface area (Å²) in [5.74, 6) is 0.0207. The van der Waals surface area contributed by atoms with Crippen LogP contribution >= 0.6 is 0 Å².